The number of hydrogen-bond donors (Lipinski definition) is 1. The molecule has 0 amide bonds. The number of hydrogen-bond acceptors (Lipinski definition) is 8. The Hall–Kier alpha value is -3.47. The summed E-state index contributed by atoms with van der Waals surface area (Å²) in [5.74, 6) is -2.43. The van der Waals surface area contributed by atoms with E-state index in [9.17, 15) is 13.2 Å². The average Bonchev–Trinajstić information content (AvgIpc) is 3.30. The molecular weight excluding hydrogens is 453 g/mol. The normalized spacial score (nSPS) is 19.3. The van der Waals surface area contributed by atoms with Crippen LogP contribution in [-0.2, 0) is 0 Å². The Bertz CT molecular complexity index is 1230. The topological polar surface area (TPSA) is 78.0 Å². The quantitative estimate of drug-likeness (QED) is 0.563. The van der Waals surface area contributed by atoms with Gasteiger partial charge in [-0.3, -0.25) is 4.90 Å². The third-order valence-corrected chi connectivity index (χ3v) is 5.97. The van der Waals surface area contributed by atoms with Gasteiger partial charge in [0, 0.05) is 25.1 Å². The zero-order valence-corrected chi connectivity index (χ0v) is 18.6. The van der Waals surface area contributed by atoms with Crippen molar-refractivity contribution in [2.45, 2.75) is 25.4 Å². The molecule has 1 saturated heterocycles. The molecule has 2 aliphatic heterocycles. The minimum absolute atomic E-state index is 0.0124. The first-order chi connectivity index (χ1) is 16.4. The molecule has 11 heteroatoms. The van der Waals surface area contributed by atoms with Crippen LogP contribution in [0.5, 0.6) is 23.0 Å². The molecule has 1 aromatic heterocycles. The van der Waals surface area contributed by atoms with E-state index in [4.69, 9.17) is 18.9 Å². The fourth-order valence-corrected chi connectivity index (χ4v) is 4.18. The highest BCUT2D eigenvalue weighted by molar-refractivity contribution is 5.97. The second kappa shape index (κ2) is 8.71. The second-order valence-electron chi connectivity index (χ2n) is 8.05. The van der Waals surface area contributed by atoms with E-state index in [1.807, 2.05) is 6.92 Å². The van der Waals surface area contributed by atoms with Crippen LogP contribution in [0.15, 0.2) is 30.6 Å². The predicted molar refractivity (Wildman–Crippen MR) is 118 cm³/mol. The zero-order valence-electron chi connectivity index (χ0n) is 18.6. The lowest BCUT2D eigenvalue weighted by molar-refractivity contribution is -0.138. The summed E-state index contributed by atoms with van der Waals surface area (Å²) in [5.41, 5.74) is 0.393. The number of halogens is 3. The highest BCUT2D eigenvalue weighted by atomic mass is 19.3. The number of alkyl halides is 2. The van der Waals surface area contributed by atoms with Gasteiger partial charge in [0.25, 0.3) is 5.92 Å². The van der Waals surface area contributed by atoms with Crippen LogP contribution in [0.3, 0.4) is 0 Å². The zero-order chi connectivity index (χ0) is 23.9. The van der Waals surface area contributed by atoms with Gasteiger partial charge >= 0.3 is 0 Å². The van der Waals surface area contributed by atoms with Gasteiger partial charge < -0.3 is 24.3 Å². The predicted octanol–water partition coefficient (Wildman–Crippen LogP) is 4.36. The maximum Gasteiger partial charge on any atom is 0.296 e. The van der Waals surface area contributed by atoms with E-state index in [1.54, 1.807) is 11.0 Å². The molecule has 180 valence electrons. The summed E-state index contributed by atoms with van der Waals surface area (Å²) in [4.78, 5) is 10.2. The number of benzene rings is 2. The Kier molecular flexibility index (Phi) is 5.72. The molecule has 8 nitrogen and oxygen atoms in total. The Labute approximate surface area is 193 Å². The van der Waals surface area contributed by atoms with Gasteiger partial charge in [-0.25, -0.2) is 23.1 Å². The van der Waals surface area contributed by atoms with Crippen molar-refractivity contribution < 1.29 is 32.1 Å². The lowest BCUT2D eigenvalue weighted by Gasteiger charge is -2.37. The molecule has 0 saturated carbocycles. The van der Waals surface area contributed by atoms with E-state index >= 15 is 0 Å². The van der Waals surface area contributed by atoms with Crippen LogP contribution in [0.2, 0.25) is 0 Å². The number of rotatable bonds is 6. The first kappa shape index (κ1) is 22.3. The number of ether oxygens (including phenoxy) is 4. The van der Waals surface area contributed by atoms with Gasteiger partial charge in [0.15, 0.2) is 23.4 Å². The molecule has 1 N–H and O–H groups in total. The number of piperidine rings is 1. The summed E-state index contributed by atoms with van der Waals surface area (Å²) < 4.78 is 66.4. The van der Waals surface area contributed by atoms with Crippen molar-refractivity contribution in [1.29, 1.82) is 0 Å². The van der Waals surface area contributed by atoms with Crippen molar-refractivity contribution in [2.24, 2.45) is 0 Å². The first-order valence-electron chi connectivity index (χ1n) is 10.8. The molecule has 34 heavy (non-hydrogen) atoms. The highest BCUT2D eigenvalue weighted by Crippen LogP contribution is 2.44. The van der Waals surface area contributed by atoms with Crippen LogP contribution in [-0.4, -0.2) is 60.4 Å². The van der Waals surface area contributed by atoms with Crippen LogP contribution in [0, 0.1) is 5.82 Å². The summed E-state index contributed by atoms with van der Waals surface area (Å²) >= 11 is 0. The smallest absolute Gasteiger partial charge is 0.296 e. The standard InChI is InChI=1S/C23H23F3N4O4/c1-3-30-7-6-18(23(25,26)10-30)34-17-9-13(31-2)8-15-19(17)22(28-11-27-15)29-20-14(24)4-5-16-21(20)33-12-32-16/h4-5,8-9,11,18H,3,6-7,10,12H2,1-2H3,(H,27,28,29)/t18-/m0/s1. The lowest BCUT2D eigenvalue weighted by Crippen LogP contribution is -2.53. The van der Waals surface area contributed by atoms with E-state index < -0.39 is 24.4 Å². The largest absolute Gasteiger partial charge is 0.497 e. The molecule has 5 rings (SSSR count). The number of nitrogens with one attached hydrogen (secondary N) is 1. The molecule has 0 bridgehead atoms. The molecule has 1 atom stereocenters. The Morgan fingerprint density at radius 3 is 2.85 bits per heavy atom. The van der Waals surface area contributed by atoms with Gasteiger partial charge in [-0.15, -0.1) is 0 Å². The SMILES string of the molecule is CCN1CC[C@H](Oc2cc(OC)cc3ncnc(Nc4c(F)ccc5c4OCO5)c23)C(F)(F)C1. The number of likely N-dealkylation sites (tertiary alicyclic amines) is 1. The van der Waals surface area contributed by atoms with Gasteiger partial charge in [-0.2, -0.15) is 0 Å². The fourth-order valence-electron chi connectivity index (χ4n) is 4.18. The van der Waals surface area contributed by atoms with E-state index in [1.165, 1.54) is 31.6 Å². The third kappa shape index (κ3) is 4.00. The number of anilines is 2. The van der Waals surface area contributed by atoms with Crippen LogP contribution in [0.25, 0.3) is 10.9 Å². The average molecular weight is 476 g/mol. The summed E-state index contributed by atoms with van der Waals surface area (Å²) in [5, 5.41) is 3.23. The van der Waals surface area contributed by atoms with Crippen molar-refractivity contribution in [2.75, 3.05) is 38.9 Å². The first-order valence-corrected chi connectivity index (χ1v) is 10.8. The highest BCUT2D eigenvalue weighted by Gasteiger charge is 2.46. The Morgan fingerprint density at radius 1 is 1.24 bits per heavy atom. The molecule has 0 aliphatic carbocycles. The molecule has 0 radical (unpaired) electrons. The van der Waals surface area contributed by atoms with E-state index in [0.717, 1.165) is 0 Å². The molecule has 1 fully saturated rings. The van der Waals surface area contributed by atoms with Crippen LogP contribution in [0.1, 0.15) is 13.3 Å². The molecule has 2 aromatic carbocycles. The molecule has 3 aromatic rings. The van der Waals surface area contributed by atoms with Crippen molar-refractivity contribution in [3.63, 3.8) is 0 Å². The van der Waals surface area contributed by atoms with Crippen molar-refractivity contribution in [3.05, 3.63) is 36.4 Å². The monoisotopic (exact) mass is 476 g/mol. The Balaban J connectivity index is 1.57. The Morgan fingerprint density at radius 2 is 2.09 bits per heavy atom. The second-order valence-corrected chi connectivity index (χ2v) is 8.05. The summed E-state index contributed by atoms with van der Waals surface area (Å²) in [7, 11) is 1.46. The van der Waals surface area contributed by atoms with Crippen molar-refractivity contribution in [1.82, 2.24) is 14.9 Å². The van der Waals surface area contributed by atoms with E-state index in [-0.39, 0.29) is 36.2 Å². The summed E-state index contributed by atoms with van der Waals surface area (Å²) in [6.45, 7) is 2.42. The number of methoxy groups -OCH3 is 1. The van der Waals surface area contributed by atoms with Gasteiger partial charge in [0.2, 0.25) is 6.79 Å². The molecule has 3 heterocycles. The van der Waals surface area contributed by atoms with Gasteiger partial charge in [-0.1, -0.05) is 6.92 Å². The number of nitrogens with zero attached hydrogens (tertiary/aromatic N) is 3. The van der Waals surface area contributed by atoms with Crippen LogP contribution >= 0.6 is 0 Å². The van der Waals surface area contributed by atoms with Gasteiger partial charge in [0.05, 0.1) is 24.6 Å². The molecule has 0 unspecified atom stereocenters. The van der Waals surface area contributed by atoms with Crippen LogP contribution in [0.4, 0.5) is 24.7 Å². The van der Waals surface area contributed by atoms with Crippen LogP contribution < -0.4 is 24.3 Å². The van der Waals surface area contributed by atoms with Gasteiger partial charge in [0.1, 0.15) is 29.3 Å². The maximum absolute atomic E-state index is 14.9. The molecule has 0 spiro atoms. The minimum atomic E-state index is -3.07. The molecular formula is C23H23F3N4O4. The summed E-state index contributed by atoms with van der Waals surface area (Å²) in [6.07, 6.45) is 0.0657. The fraction of sp³-hybridized carbons (Fsp3) is 0.391. The minimum Gasteiger partial charge on any atom is -0.497 e. The van der Waals surface area contributed by atoms with E-state index in [2.05, 4.69) is 15.3 Å². The number of aromatic nitrogens is 2. The third-order valence-electron chi connectivity index (χ3n) is 5.97. The lowest BCUT2D eigenvalue weighted by atomic mass is 10.0. The number of fused-ring (bicyclic) bond motifs is 2. The summed E-state index contributed by atoms with van der Waals surface area (Å²) in [6, 6.07) is 5.83. The molecule has 2 aliphatic rings. The maximum atomic E-state index is 14.9. The van der Waals surface area contributed by atoms with Crippen molar-refractivity contribution in [3.8, 4) is 23.0 Å². The van der Waals surface area contributed by atoms with Crippen molar-refractivity contribution >= 4 is 22.4 Å². The van der Waals surface area contributed by atoms with Gasteiger partial charge in [-0.05, 0) is 18.7 Å². The van der Waals surface area contributed by atoms with E-state index in [0.29, 0.717) is 35.5 Å².